The maximum absolute atomic E-state index is 13.1. The number of carbonyl (C=O) groups is 2. The molecule has 1 aliphatic heterocycles. The molecule has 1 atom stereocenters. The molecule has 11 heteroatoms. The normalized spacial score (nSPS) is 14.9. The van der Waals surface area contributed by atoms with E-state index < -0.39 is 6.03 Å². The molecule has 1 aliphatic rings. The standard InChI is InChI=1S/C28H25N7O3S/c36-27(33-24-18-39-26(31-24)21-8-12-29-13-9-21)32-23-6-3-7-25(30-23)38-17-19-10-14-34(16-19)28(37)35-15-11-20-4-1-2-5-22(20)35/h1-9,11-13,15,18-19H,10,14,16-17H2,(H2,30,32,33,36). The van der Waals surface area contributed by atoms with Crippen molar-refractivity contribution in [2.75, 3.05) is 30.3 Å². The Labute approximate surface area is 228 Å². The number of likely N-dealkylation sites (tertiary alicyclic amines) is 1. The number of nitrogens with one attached hydrogen (secondary N) is 2. The second-order valence-electron chi connectivity index (χ2n) is 9.15. The van der Waals surface area contributed by atoms with E-state index in [9.17, 15) is 9.59 Å². The molecular weight excluding hydrogens is 514 g/mol. The molecule has 6 rings (SSSR count). The number of amides is 3. The minimum Gasteiger partial charge on any atom is -0.477 e. The molecule has 0 saturated carbocycles. The summed E-state index contributed by atoms with van der Waals surface area (Å²) in [4.78, 5) is 40.3. The van der Waals surface area contributed by atoms with E-state index >= 15 is 0 Å². The molecule has 4 aromatic heterocycles. The van der Waals surface area contributed by atoms with E-state index in [1.165, 1.54) is 11.3 Å². The first kappa shape index (κ1) is 24.6. The number of aromatic nitrogens is 4. The zero-order valence-electron chi connectivity index (χ0n) is 20.9. The van der Waals surface area contributed by atoms with Gasteiger partial charge in [0.15, 0.2) is 0 Å². The number of carbonyl (C=O) groups excluding carboxylic acids is 2. The number of thiazole rings is 1. The predicted octanol–water partition coefficient (Wildman–Crippen LogP) is 5.57. The SMILES string of the molecule is O=C(Nc1cccc(OCC2CCN(C(=O)n3ccc4ccccc43)C2)n1)Nc1csc(-c2ccncc2)n1. The Bertz CT molecular complexity index is 1620. The van der Waals surface area contributed by atoms with Crippen LogP contribution in [0.5, 0.6) is 5.88 Å². The Kier molecular flexibility index (Phi) is 6.88. The van der Waals surface area contributed by atoms with Crippen LogP contribution < -0.4 is 15.4 Å². The van der Waals surface area contributed by atoms with Gasteiger partial charge in [0, 0.05) is 60.0 Å². The first-order valence-electron chi connectivity index (χ1n) is 12.5. The molecule has 0 bridgehead atoms. The molecule has 39 heavy (non-hydrogen) atoms. The van der Waals surface area contributed by atoms with Gasteiger partial charge in [-0.05, 0) is 36.8 Å². The van der Waals surface area contributed by atoms with Gasteiger partial charge in [-0.2, -0.15) is 4.98 Å². The quantitative estimate of drug-likeness (QED) is 0.292. The Morgan fingerprint density at radius 2 is 1.82 bits per heavy atom. The summed E-state index contributed by atoms with van der Waals surface area (Å²) in [6.45, 7) is 1.71. The monoisotopic (exact) mass is 539 g/mol. The third-order valence-corrected chi connectivity index (χ3v) is 7.36. The smallest absolute Gasteiger partial charge is 0.328 e. The summed E-state index contributed by atoms with van der Waals surface area (Å²) in [5.41, 5.74) is 1.84. The van der Waals surface area contributed by atoms with Crippen LogP contribution in [0.2, 0.25) is 0 Å². The number of benzene rings is 1. The van der Waals surface area contributed by atoms with Crippen molar-refractivity contribution in [1.82, 2.24) is 24.4 Å². The van der Waals surface area contributed by atoms with E-state index in [1.54, 1.807) is 40.5 Å². The van der Waals surface area contributed by atoms with Gasteiger partial charge in [-0.3, -0.25) is 20.2 Å². The Morgan fingerprint density at radius 3 is 2.72 bits per heavy atom. The van der Waals surface area contributed by atoms with Crippen LogP contribution in [0.15, 0.2) is 84.6 Å². The number of anilines is 2. The van der Waals surface area contributed by atoms with Crippen molar-refractivity contribution in [3.8, 4) is 16.5 Å². The van der Waals surface area contributed by atoms with Gasteiger partial charge in [-0.1, -0.05) is 24.3 Å². The molecule has 1 unspecified atom stereocenters. The van der Waals surface area contributed by atoms with Gasteiger partial charge in [0.1, 0.15) is 16.6 Å². The largest absolute Gasteiger partial charge is 0.477 e. The molecule has 1 saturated heterocycles. The summed E-state index contributed by atoms with van der Waals surface area (Å²) in [6, 6.07) is 18.3. The summed E-state index contributed by atoms with van der Waals surface area (Å²) in [7, 11) is 0. The van der Waals surface area contributed by atoms with Crippen LogP contribution in [-0.2, 0) is 0 Å². The number of nitrogens with zero attached hydrogens (tertiary/aromatic N) is 5. The van der Waals surface area contributed by atoms with Gasteiger partial charge < -0.3 is 9.64 Å². The van der Waals surface area contributed by atoms with Gasteiger partial charge in [-0.25, -0.2) is 14.6 Å². The van der Waals surface area contributed by atoms with Gasteiger partial charge >= 0.3 is 12.1 Å². The highest BCUT2D eigenvalue weighted by Gasteiger charge is 2.28. The molecule has 3 amide bonds. The molecule has 5 heterocycles. The zero-order valence-corrected chi connectivity index (χ0v) is 21.7. The lowest BCUT2D eigenvalue weighted by Crippen LogP contribution is -2.32. The third kappa shape index (κ3) is 5.58. The molecule has 1 aromatic carbocycles. The van der Waals surface area contributed by atoms with Crippen LogP contribution in [-0.4, -0.2) is 56.2 Å². The molecule has 196 valence electrons. The highest BCUT2D eigenvalue weighted by molar-refractivity contribution is 7.13. The Balaban J connectivity index is 1.00. The number of hydrogen-bond donors (Lipinski definition) is 2. The van der Waals surface area contributed by atoms with Crippen molar-refractivity contribution in [2.45, 2.75) is 6.42 Å². The van der Waals surface area contributed by atoms with Gasteiger partial charge in [0.25, 0.3) is 0 Å². The average Bonchev–Trinajstić information content (AvgIpc) is 3.72. The number of urea groups is 1. The highest BCUT2D eigenvalue weighted by atomic mass is 32.1. The molecule has 1 fully saturated rings. The van der Waals surface area contributed by atoms with Crippen LogP contribution >= 0.6 is 11.3 Å². The fourth-order valence-electron chi connectivity index (χ4n) is 4.53. The number of pyridine rings is 2. The predicted molar refractivity (Wildman–Crippen MR) is 150 cm³/mol. The van der Waals surface area contributed by atoms with E-state index in [-0.39, 0.29) is 11.9 Å². The summed E-state index contributed by atoms with van der Waals surface area (Å²) in [5, 5.41) is 9.05. The highest BCUT2D eigenvalue weighted by Crippen LogP contribution is 2.26. The molecule has 0 aliphatic carbocycles. The average molecular weight is 540 g/mol. The molecular formula is C28H25N7O3S. The van der Waals surface area contributed by atoms with Crippen LogP contribution in [0, 0.1) is 5.92 Å². The van der Waals surface area contributed by atoms with Gasteiger partial charge in [0.2, 0.25) is 5.88 Å². The van der Waals surface area contributed by atoms with E-state index in [1.807, 2.05) is 53.6 Å². The molecule has 10 nitrogen and oxygen atoms in total. The van der Waals surface area contributed by atoms with Crippen molar-refractivity contribution in [1.29, 1.82) is 0 Å². The molecule has 5 aromatic rings. The summed E-state index contributed by atoms with van der Waals surface area (Å²) >= 11 is 1.43. The first-order valence-corrected chi connectivity index (χ1v) is 13.4. The topological polar surface area (TPSA) is 114 Å². The second kappa shape index (κ2) is 10.9. The maximum Gasteiger partial charge on any atom is 0.328 e. The van der Waals surface area contributed by atoms with Crippen LogP contribution in [0.3, 0.4) is 0 Å². The minimum atomic E-state index is -0.450. The van der Waals surface area contributed by atoms with Crippen molar-refractivity contribution < 1.29 is 14.3 Å². The number of para-hydroxylation sites is 1. The molecule has 0 spiro atoms. The third-order valence-electron chi connectivity index (χ3n) is 6.47. The fraction of sp³-hybridized carbons (Fsp3) is 0.179. The lowest BCUT2D eigenvalue weighted by Gasteiger charge is -2.18. The number of fused-ring (bicyclic) bond motifs is 1. The number of rotatable bonds is 6. The fourth-order valence-corrected chi connectivity index (χ4v) is 5.29. The van der Waals surface area contributed by atoms with Crippen molar-refractivity contribution >= 4 is 45.9 Å². The Hall–Kier alpha value is -4.77. The lowest BCUT2D eigenvalue weighted by molar-refractivity contribution is 0.203. The zero-order chi connectivity index (χ0) is 26.6. The van der Waals surface area contributed by atoms with Crippen LogP contribution in [0.4, 0.5) is 21.2 Å². The van der Waals surface area contributed by atoms with Crippen molar-refractivity contribution in [2.24, 2.45) is 5.92 Å². The molecule has 2 N–H and O–H groups in total. The maximum atomic E-state index is 13.1. The molecule has 0 radical (unpaired) electrons. The summed E-state index contributed by atoms with van der Waals surface area (Å²) in [6.07, 6.45) is 6.07. The minimum absolute atomic E-state index is 0.0259. The lowest BCUT2D eigenvalue weighted by atomic mass is 10.1. The van der Waals surface area contributed by atoms with E-state index in [0.717, 1.165) is 27.9 Å². The number of hydrogen-bond acceptors (Lipinski definition) is 7. The van der Waals surface area contributed by atoms with E-state index in [0.29, 0.717) is 37.2 Å². The van der Waals surface area contributed by atoms with Gasteiger partial charge in [0.05, 0.1) is 12.1 Å². The van der Waals surface area contributed by atoms with Crippen molar-refractivity contribution in [3.05, 3.63) is 84.6 Å². The van der Waals surface area contributed by atoms with E-state index in [2.05, 4.69) is 25.6 Å². The van der Waals surface area contributed by atoms with Crippen molar-refractivity contribution in [3.63, 3.8) is 0 Å². The second-order valence-corrected chi connectivity index (χ2v) is 10.0. The van der Waals surface area contributed by atoms with Gasteiger partial charge in [-0.15, -0.1) is 11.3 Å². The summed E-state index contributed by atoms with van der Waals surface area (Å²) < 4.78 is 7.63. The number of ether oxygens (including phenoxy) is 1. The first-order chi connectivity index (χ1) is 19.1. The van der Waals surface area contributed by atoms with Crippen LogP contribution in [0.25, 0.3) is 21.5 Å². The van der Waals surface area contributed by atoms with E-state index in [4.69, 9.17) is 4.74 Å². The summed E-state index contributed by atoms with van der Waals surface area (Å²) in [5.74, 6) is 1.40. The van der Waals surface area contributed by atoms with Crippen LogP contribution in [0.1, 0.15) is 6.42 Å². The Morgan fingerprint density at radius 1 is 0.974 bits per heavy atom.